The number of anilines is 2. The number of aromatic nitrogens is 3. The largest absolute Gasteiger partial charge is 0.384 e. The van der Waals surface area contributed by atoms with E-state index in [0.717, 1.165) is 16.8 Å². The molecule has 0 spiro atoms. The van der Waals surface area contributed by atoms with Gasteiger partial charge in [0.1, 0.15) is 5.82 Å². The molecular formula is C16H20N6O3S. The highest BCUT2D eigenvalue weighted by molar-refractivity contribution is 7.88. The van der Waals surface area contributed by atoms with Crippen LogP contribution in [0.15, 0.2) is 18.5 Å². The van der Waals surface area contributed by atoms with Gasteiger partial charge in [0.05, 0.1) is 36.3 Å². The molecule has 1 atom stereocenters. The van der Waals surface area contributed by atoms with Crippen LogP contribution in [-0.4, -0.2) is 52.7 Å². The fourth-order valence-corrected chi connectivity index (χ4v) is 4.39. The van der Waals surface area contributed by atoms with Crippen LogP contribution in [0.3, 0.4) is 0 Å². The summed E-state index contributed by atoms with van der Waals surface area (Å²) in [4.78, 5) is 17.2. The lowest BCUT2D eigenvalue weighted by atomic mass is 9.91. The average molecular weight is 376 g/mol. The van der Waals surface area contributed by atoms with E-state index in [0.29, 0.717) is 37.4 Å². The highest BCUT2D eigenvalue weighted by Crippen LogP contribution is 2.33. The number of nitrogens with two attached hydrogens (primary N) is 1. The van der Waals surface area contributed by atoms with Gasteiger partial charge >= 0.3 is 0 Å². The van der Waals surface area contributed by atoms with E-state index in [1.54, 1.807) is 12.4 Å². The Labute approximate surface area is 151 Å². The van der Waals surface area contributed by atoms with Gasteiger partial charge in [-0.3, -0.25) is 9.78 Å². The second-order valence-corrected chi connectivity index (χ2v) is 8.62. The van der Waals surface area contributed by atoms with Crippen LogP contribution in [0.1, 0.15) is 34.0 Å². The highest BCUT2D eigenvalue weighted by Gasteiger charge is 2.33. The third kappa shape index (κ3) is 2.74. The van der Waals surface area contributed by atoms with Crippen molar-refractivity contribution in [2.24, 2.45) is 0 Å². The normalized spacial score (nSPS) is 20.1. The number of nitrogens with one attached hydrogen (secondary N) is 1. The number of carbonyl (C=O) groups is 1. The van der Waals surface area contributed by atoms with E-state index in [-0.39, 0.29) is 18.4 Å². The van der Waals surface area contributed by atoms with Gasteiger partial charge in [-0.2, -0.15) is 14.1 Å². The monoisotopic (exact) mass is 376 g/mol. The van der Waals surface area contributed by atoms with Crippen molar-refractivity contribution < 1.29 is 13.2 Å². The predicted octanol–water partition coefficient (Wildman–Crippen LogP) is 0.418. The minimum Gasteiger partial charge on any atom is -0.384 e. The van der Waals surface area contributed by atoms with E-state index >= 15 is 0 Å². The molecule has 0 aromatic carbocycles. The minimum atomic E-state index is -3.31. The molecule has 9 nitrogen and oxygen atoms in total. The predicted molar refractivity (Wildman–Crippen MR) is 96.3 cm³/mol. The second-order valence-electron chi connectivity index (χ2n) is 6.64. The number of sulfonamides is 1. The van der Waals surface area contributed by atoms with Crippen molar-refractivity contribution in [2.45, 2.75) is 25.3 Å². The number of nitrogens with zero attached hydrogens (tertiary/aromatic N) is 4. The quantitative estimate of drug-likeness (QED) is 0.778. The lowest BCUT2D eigenvalue weighted by molar-refractivity contribution is 0.0859. The van der Waals surface area contributed by atoms with Crippen LogP contribution in [0.2, 0.25) is 0 Å². The number of carbonyl (C=O) groups excluding carboxylic acids is 1. The van der Waals surface area contributed by atoms with Gasteiger partial charge in [0.15, 0.2) is 0 Å². The van der Waals surface area contributed by atoms with Crippen molar-refractivity contribution in [3.05, 3.63) is 35.3 Å². The Hall–Kier alpha value is -2.46. The van der Waals surface area contributed by atoms with E-state index in [9.17, 15) is 13.2 Å². The van der Waals surface area contributed by atoms with Gasteiger partial charge in [-0.15, -0.1) is 0 Å². The maximum atomic E-state index is 13.1. The fraction of sp³-hybridized carbons (Fsp3) is 0.438. The molecule has 0 fully saturated rings. The summed E-state index contributed by atoms with van der Waals surface area (Å²) in [6.45, 7) is 1.15. The highest BCUT2D eigenvalue weighted by atomic mass is 32.2. The van der Waals surface area contributed by atoms with Crippen LogP contribution < -0.4 is 11.1 Å². The zero-order valence-electron chi connectivity index (χ0n) is 14.3. The maximum Gasteiger partial charge on any atom is 0.256 e. The first-order valence-corrected chi connectivity index (χ1v) is 10.2. The van der Waals surface area contributed by atoms with Gasteiger partial charge < -0.3 is 11.1 Å². The molecule has 4 heterocycles. The molecule has 0 radical (unpaired) electrons. The van der Waals surface area contributed by atoms with Gasteiger partial charge in [-0.1, -0.05) is 0 Å². The Morgan fingerprint density at radius 3 is 3.00 bits per heavy atom. The van der Waals surface area contributed by atoms with Gasteiger partial charge in [0, 0.05) is 24.8 Å². The van der Waals surface area contributed by atoms with Crippen LogP contribution in [0.25, 0.3) is 0 Å². The summed E-state index contributed by atoms with van der Waals surface area (Å²) in [5.74, 6) is -0.243. The zero-order valence-corrected chi connectivity index (χ0v) is 15.2. The molecule has 2 aliphatic heterocycles. The van der Waals surface area contributed by atoms with E-state index < -0.39 is 10.0 Å². The summed E-state index contributed by atoms with van der Waals surface area (Å²) < 4.78 is 26.2. The molecule has 1 unspecified atom stereocenters. The summed E-state index contributed by atoms with van der Waals surface area (Å²) >= 11 is 0. The number of pyridine rings is 1. The Balaban J connectivity index is 1.68. The van der Waals surface area contributed by atoms with Crippen molar-refractivity contribution in [3.8, 4) is 0 Å². The molecule has 2 aromatic rings. The Bertz CT molecular complexity index is 984. The number of fused-ring (bicyclic) bond motifs is 2. The van der Waals surface area contributed by atoms with Crippen LogP contribution in [-0.2, 0) is 23.0 Å². The fourth-order valence-electron chi connectivity index (χ4n) is 3.61. The minimum absolute atomic E-state index is 0.144. The standard InChI is InChI=1S/C16H20N6O3S/c1-26(24,25)21-7-4-12-14(9-21)20-22(15(12)17)16(23)11-3-6-19-13-8-18-5-2-10(11)13/h2,5,8,11,19H,3-4,6-7,9,17H2,1H3. The average Bonchev–Trinajstić information content (AvgIpc) is 2.96. The topological polar surface area (TPSA) is 123 Å². The zero-order chi connectivity index (χ0) is 18.5. The number of hydrogen-bond acceptors (Lipinski definition) is 7. The molecule has 26 heavy (non-hydrogen) atoms. The van der Waals surface area contributed by atoms with Gasteiger partial charge in [0.2, 0.25) is 10.0 Å². The van der Waals surface area contributed by atoms with Crippen LogP contribution >= 0.6 is 0 Å². The number of nitrogen functional groups attached to an aromatic ring is 1. The smallest absolute Gasteiger partial charge is 0.256 e. The van der Waals surface area contributed by atoms with Crippen molar-refractivity contribution in [3.63, 3.8) is 0 Å². The van der Waals surface area contributed by atoms with Crippen LogP contribution in [0.5, 0.6) is 0 Å². The lowest BCUT2D eigenvalue weighted by Crippen LogP contribution is -2.35. The van der Waals surface area contributed by atoms with Gasteiger partial charge in [0.25, 0.3) is 5.91 Å². The van der Waals surface area contributed by atoms with E-state index in [4.69, 9.17) is 5.73 Å². The van der Waals surface area contributed by atoms with Crippen molar-refractivity contribution in [1.82, 2.24) is 19.1 Å². The van der Waals surface area contributed by atoms with E-state index in [1.807, 2.05) is 6.07 Å². The lowest BCUT2D eigenvalue weighted by Gasteiger charge is -2.25. The van der Waals surface area contributed by atoms with E-state index in [2.05, 4.69) is 15.4 Å². The summed E-state index contributed by atoms with van der Waals surface area (Å²) in [6, 6.07) is 1.83. The van der Waals surface area contributed by atoms with Crippen molar-refractivity contribution in [2.75, 3.05) is 30.4 Å². The molecule has 0 saturated heterocycles. The molecule has 0 aliphatic carbocycles. The van der Waals surface area contributed by atoms with Gasteiger partial charge in [-0.05, 0) is 24.5 Å². The van der Waals surface area contributed by atoms with Crippen molar-refractivity contribution >= 4 is 27.4 Å². The molecule has 3 N–H and O–H groups in total. The molecular weight excluding hydrogens is 356 g/mol. The third-order valence-corrected chi connectivity index (χ3v) is 6.25. The van der Waals surface area contributed by atoms with Crippen LogP contribution in [0.4, 0.5) is 11.5 Å². The molecule has 2 aliphatic rings. The SMILES string of the molecule is CS(=O)(=O)N1CCc2c(nn(C(=O)C3CCNc4cnccc43)c2N)C1. The van der Waals surface area contributed by atoms with Gasteiger partial charge in [-0.25, -0.2) is 8.42 Å². The number of hydrogen-bond donors (Lipinski definition) is 2. The first-order valence-electron chi connectivity index (χ1n) is 8.39. The Morgan fingerprint density at radius 1 is 1.42 bits per heavy atom. The Kier molecular flexibility index (Phi) is 3.96. The van der Waals surface area contributed by atoms with Crippen molar-refractivity contribution in [1.29, 1.82) is 0 Å². The summed E-state index contributed by atoms with van der Waals surface area (Å²) in [5.41, 5.74) is 9.23. The second kappa shape index (κ2) is 6.06. The van der Waals surface area contributed by atoms with Crippen LogP contribution in [0, 0.1) is 0 Å². The molecule has 138 valence electrons. The molecule has 0 amide bonds. The first-order chi connectivity index (χ1) is 12.4. The number of rotatable bonds is 2. The summed E-state index contributed by atoms with van der Waals surface area (Å²) in [7, 11) is -3.31. The maximum absolute atomic E-state index is 13.1. The molecule has 0 saturated carbocycles. The van der Waals surface area contributed by atoms with E-state index in [1.165, 1.54) is 15.2 Å². The summed E-state index contributed by atoms with van der Waals surface area (Å²) in [5, 5.41) is 7.60. The molecule has 2 aromatic heterocycles. The Morgan fingerprint density at radius 2 is 2.23 bits per heavy atom. The summed E-state index contributed by atoms with van der Waals surface area (Å²) in [6.07, 6.45) is 5.62. The molecule has 4 rings (SSSR count). The molecule has 10 heteroatoms. The third-order valence-electron chi connectivity index (χ3n) is 5.00. The first kappa shape index (κ1) is 17.0. The molecule has 0 bridgehead atoms.